The van der Waals surface area contributed by atoms with Gasteiger partial charge < -0.3 is 31.0 Å². The third-order valence-electron chi connectivity index (χ3n) is 4.66. The molecule has 0 aliphatic heterocycles. The lowest BCUT2D eigenvalue weighted by Gasteiger charge is -2.12. The minimum atomic E-state index is -0.665. The molecule has 4 aromatic rings. The van der Waals surface area contributed by atoms with Gasteiger partial charge in [0.25, 0.3) is 5.91 Å². The van der Waals surface area contributed by atoms with Crippen molar-refractivity contribution in [2.24, 2.45) is 5.73 Å². The first kappa shape index (κ1) is 20.6. The lowest BCUT2D eigenvalue weighted by Crippen LogP contribution is -2.13. The number of hydrogen-bond acceptors (Lipinski definition) is 9. The van der Waals surface area contributed by atoms with Crippen molar-refractivity contribution >= 4 is 49.9 Å². The van der Waals surface area contributed by atoms with Crippen molar-refractivity contribution in [2.75, 3.05) is 37.4 Å². The van der Waals surface area contributed by atoms with E-state index in [2.05, 4.69) is 16.4 Å². The second-order valence-electron chi connectivity index (χ2n) is 6.62. The zero-order valence-corrected chi connectivity index (χ0v) is 17.2. The summed E-state index contributed by atoms with van der Waals surface area (Å²) in [6.07, 6.45) is 0. The Morgan fingerprint density at radius 3 is 2.87 bits per heavy atom. The summed E-state index contributed by atoms with van der Waals surface area (Å²) in [6.45, 7) is 0.807. The number of anilines is 2. The highest BCUT2D eigenvalue weighted by Crippen LogP contribution is 2.44. The van der Waals surface area contributed by atoms with Gasteiger partial charge in [0.15, 0.2) is 0 Å². The molecule has 4 rings (SSSR count). The molecule has 0 saturated carbocycles. The molecule has 0 aliphatic carbocycles. The Morgan fingerprint density at radius 1 is 1.35 bits per heavy atom. The van der Waals surface area contributed by atoms with Crippen molar-refractivity contribution in [1.29, 1.82) is 5.26 Å². The molecule has 158 valence electrons. The van der Waals surface area contributed by atoms with Crippen molar-refractivity contribution in [3.8, 4) is 17.4 Å². The second kappa shape index (κ2) is 8.61. The first-order chi connectivity index (χ1) is 15.0. The van der Waals surface area contributed by atoms with Gasteiger partial charge in [0.2, 0.25) is 0 Å². The van der Waals surface area contributed by atoms with Gasteiger partial charge in [-0.15, -0.1) is 11.3 Å². The van der Waals surface area contributed by atoms with Crippen LogP contribution in [0, 0.1) is 11.3 Å². The van der Waals surface area contributed by atoms with Gasteiger partial charge in [-0.05, 0) is 12.1 Å². The number of rotatable bonds is 8. The Balaban J connectivity index is 1.91. The van der Waals surface area contributed by atoms with Gasteiger partial charge in [0.1, 0.15) is 38.5 Å². The highest BCUT2D eigenvalue weighted by Gasteiger charge is 2.26. The molecule has 1 amide bonds. The van der Waals surface area contributed by atoms with Crippen LogP contribution in [-0.4, -0.2) is 42.4 Å². The van der Waals surface area contributed by atoms with Gasteiger partial charge in [0, 0.05) is 17.3 Å². The van der Waals surface area contributed by atoms with E-state index in [0.29, 0.717) is 46.1 Å². The maximum absolute atomic E-state index is 11.9. The molecule has 0 atom stereocenters. The summed E-state index contributed by atoms with van der Waals surface area (Å²) in [5.74, 6) is 0.0852. The Bertz CT molecular complexity index is 1290. The molecule has 1 aromatic carbocycles. The van der Waals surface area contributed by atoms with Crippen LogP contribution in [0.3, 0.4) is 0 Å². The Morgan fingerprint density at radius 2 is 2.16 bits per heavy atom. The topological polar surface area (TPSA) is 160 Å². The number of aliphatic hydroxyl groups excluding tert-OH is 1. The molecule has 0 fully saturated rings. The summed E-state index contributed by atoms with van der Waals surface area (Å²) in [6, 6.07) is 11.5. The third-order valence-corrected chi connectivity index (χ3v) is 5.77. The number of benzene rings is 1. The number of thiophene rings is 1. The predicted octanol–water partition coefficient (Wildman–Crippen LogP) is 2.68. The molecule has 31 heavy (non-hydrogen) atoms. The molecule has 0 radical (unpaired) electrons. The molecule has 3 heterocycles. The Labute approximate surface area is 180 Å². The van der Waals surface area contributed by atoms with E-state index in [0.717, 1.165) is 16.7 Å². The number of ether oxygens (including phenoxy) is 1. The fourth-order valence-corrected chi connectivity index (χ4v) is 4.29. The molecule has 0 saturated heterocycles. The summed E-state index contributed by atoms with van der Waals surface area (Å²) in [7, 11) is 0. The SMILES string of the molecule is N#Cc1c(NCCOCCO)nc2sc(C(N)=O)c(N)c2c1-c1cc2ccccc2o1. The molecule has 10 heteroatoms. The molecular formula is C21H19N5O4S. The molecule has 3 aromatic heterocycles. The van der Waals surface area contributed by atoms with Gasteiger partial charge >= 0.3 is 0 Å². The highest BCUT2D eigenvalue weighted by molar-refractivity contribution is 7.21. The number of primary amides is 1. The number of hydrogen-bond donors (Lipinski definition) is 4. The van der Waals surface area contributed by atoms with Crippen LogP contribution in [0.1, 0.15) is 15.2 Å². The van der Waals surface area contributed by atoms with Crippen molar-refractivity contribution in [1.82, 2.24) is 4.98 Å². The zero-order valence-electron chi connectivity index (χ0n) is 16.3. The van der Waals surface area contributed by atoms with E-state index >= 15 is 0 Å². The Hall–Kier alpha value is -3.65. The smallest absolute Gasteiger partial charge is 0.260 e. The van der Waals surface area contributed by atoms with Crippen molar-refractivity contribution in [2.45, 2.75) is 0 Å². The number of pyridine rings is 1. The number of nitrogens with one attached hydrogen (secondary N) is 1. The van der Waals surface area contributed by atoms with Crippen LogP contribution >= 0.6 is 11.3 Å². The molecule has 0 bridgehead atoms. The van der Waals surface area contributed by atoms with Crippen molar-refractivity contribution in [3.05, 3.63) is 40.8 Å². The van der Waals surface area contributed by atoms with Crippen LogP contribution < -0.4 is 16.8 Å². The maximum Gasteiger partial charge on any atom is 0.260 e. The van der Waals surface area contributed by atoms with E-state index in [1.54, 1.807) is 0 Å². The van der Waals surface area contributed by atoms with Gasteiger partial charge in [-0.1, -0.05) is 18.2 Å². The number of carbonyl (C=O) groups excluding carboxylic acids is 1. The number of nitriles is 1. The lowest BCUT2D eigenvalue weighted by atomic mass is 10.0. The number of nitrogens with zero attached hydrogens (tertiary/aromatic N) is 2. The molecular weight excluding hydrogens is 418 g/mol. The van der Waals surface area contributed by atoms with E-state index < -0.39 is 5.91 Å². The first-order valence-corrected chi connectivity index (χ1v) is 10.2. The highest BCUT2D eigenvalue weighted by atomic mass is 32.1. The van der Waals surface area contributed by atoms with Gasteiger partial charge in [-0.25, -0.2) is 4.98 Å². The average Bonchev–Trinajstić information content (AvgIpc) is 3.33. The van der Waals surface area contributed by atoms with Crippen LogP contribution in [0.4, 0.5) is 11.5 Å². The summed E-state index contributed by atoms with van der Waals surface area (Å²) in [5, 5.41) is 23.2. The first-order valence-electron chi connectivity index (χ1n) is 9.42. The van der Waals surface area contributed by atoms with Crippen LogP contribution in [0.2, 0.25) is 0 Å². The van der Waals surface area contributed by atoms with E-state index in [1.165, 1.54) is 0 Å². The minimum absolute atomic E-state index is 0.0752. The Kier molecular flexibility index (Phi) is 5.73. The fraction of sp³-hybridized carbons (Fsp3) is 0.190. The summed E-state index contributed by atoms with van der Waals surface area (Å²) >= 11 is 1.06. The van der Waals surface area contributed by atoms with Gasteiger partial charge in [-0.2, -0.15) is 5.26 Å². The average molecular weight is 437 g/mol. The van der Waals surface area contributed by atoms with Crippen molar-refractivity contribution < 1.29 is 19.1 Å². The van der Waals surface area contributed by atoms with E-state index in [9.17, 15) is 10.1 Å². The second-order valence-corrected chi connectivity index (χ2v) is 7.62. The van der Waals surface area contributed by atoms with Crippen LogP contribution in [0.15, 0.2) is 34.7 Å². The number of nitrogens with two attached hydrogens (primary N) is 2. The number of amides is 1. The molecule has 0 spiro atoms. The fourth-order valence-electron chi connectivity index (χ4n) is 3.33. The summed E-state index contributed by atoms with van der Waals surface area (Å²) < 4.78 is 11.3. The van der Waals surface area contributed by atoms with Gasteiger partial charge in [-0.3, -0.25) is 4.79 Å². The largest absolute Gasteiger partial charge is 0.456 e. The minimum Gasteiger partial charge on any atom is -0.456 e. The van der Waals surface area contributed by atoms with Gasteiger partial charge in [0.05, 0.1) is 31.1 Å². The third kappa shape index (κ3) is 3.77. The van der Waals surface area contributed by atoms with Crippen LogP contribution in [-0.2, 0) is 4.74 Å². The van der Waals surface area contributed by atoms with E-state index in [4.69, 9.17) is 25.7 Å². The zero-order chi connectivity index (χ0) is 22.0. The summed E-state index contributed by atoms with van der Waals surface area (Å²) in [5.41, 5.74) is 13.2. The van der Waals surface area contributed by atoms with Crippen LogP contribution in [0.5, 0.6) is 0 Å². The number of furan rings is 1. The normalized spacial score (nSPS) is 11.1. The lowest BCUT2D eigenvalue weighted by molar-refractivity contribution is 0.0992. The molecule has 9 nitrogen and oxygen atoms in total. The molecule has 6 N–H and O–H groups in total. The van der Waals surface area contributed by atoms with Crippen molar-refractivity contribution in [3.63, 3.8) is 0 Å². The molecule has 0 unspecified atom stereocenters. The standard InChI is InChI=1S/C21H19N5O4S/c22-10-12-15(14-9-11-3-1-2-4-13(11)30-14)16-17(23)18(19(24)28)31-21(16)26-20(12)25-5-7-29-8-6-27/h1-4,9,27H,5-8,23H2,(H2,24,28)(H,25,26). The van der Waals surface area contributed by atoms with Crippen LogP contribution in [0.25, 0.3) is 32.5 Å². The number of nitrogen functional groups attached to an aromatic ring is 1. The maximum atomic E-state index is 11.9. The quantitative estimate of drug-likeness (QED) is 0.306. The summed E-state index contributed by atoms with van der Waals surface area (Å²) in [4.78, 5) is 17.0. The number of carbonyl (C=O) groups is 1. The number of fused-ring (bicyclic) bond motifs is 2. The monoisotopic (exact) mass is 437 g/mol. The van der Waals surface area contributed by atoms with E-state index in [1.807, 2.05) is 30.3 Å². The number of para-hydroxylation sites is 1. The number of aliphatic hydroxyl groups is 1. The molecule has 0 aliphatic rings. The predicted molar refractivity (Wildman–Crippen MR) is 119 cm³/mol. The van der Waals surface area contributed by atoms with E-state index in [-0.39, 0.29) is 29.3 Å². The number of aromatic nitrogens is 1.